The van der Waals surface area contributed by atoms with Gasteiger partial charge in [-0.2, -0.15) is 5.10 Å². The summed E-state index contributed by atoms with van der Waals surface area (Å²) in [5, 5.41) is 4.12. The quantitative estimate of drug-likeness (QED) is 0.679. The lowest BCUT2D eigenvalue weighted by Gasteiger charge is -2.08. The van der Waals surface area contributed by atoms with E-state index in [2.05, 4.69) is 10.1 Å². The molecule has 0 amide bonds. The average molecular weight is 311 g/mol. The summed E-state index contributed by atoms with van der Waals surface area (Å²) in [6.45, 7) is 1.11. The molecule has 0 aliphatic carbocycles. The molecule has 2 aromatic heterocycles. The van der Waals surface area contributed by atoms with E-state index in [4.69, 9.17) is 11.6 Å². The van der Waals surface area contributed by atoms with Crippen LogP contribution in [-0.4, -0.2) is 25.2 Å². The standard InChI is InChI=1S/C14H13ClF2N4/c15-3-2-13-19-14-11(17)8-10(16)9-12(14)21(13)7-6-20-5-1-4-18-20/h1,4-5,8-9H,2-3,6-7H2. The highest BCUT2D eigenvalue weighted by Crippen LogP contribution is 2.21. The number of aromatic nitrogens is 4. The molecule has 0 unspecified atom stereocenters. The molecule has 3 aromatic rings. The zero-order valence-electron chi connectivity index (χ0n) is 11.1. The Morgan fingerprint density at radius 1 is 1.19 bits per heavy atom. The van der Waals surface area contributed by atoms with Crippen molar-refractivity contribution in [3.63, 3.8) is 0 Å². The minimum absolute atomic E-state index is 0.178. The van der Waals surface area contributed by atoms with Crippen molar-refractivity contribution in [1.82, 2.24) is 19.3 Å². The number of alkyl halides is 1. The maximum Gasteiger partial charge on any atom is 0.153 e. The minimum atomic E-state index is -0.654. The second-order valence-electron chi connectivity index (χ2n) is 4.64. The van der Waals surface area contributed by atoms with Gasteiger partial charge in [-0.05, 0) is 12.1 Å². The van der Waals surface area contributed by atoms with Crippen LogP contribution < -0.4 is 0 Å². The van der Waals surface area contributed by atoms with Gasteiger partial charge in [-0.25, -0.2) is 13.8 Å². The lowest BCUT2D eigenvalue weighted by Crippen LogP contribution is -2.11. The van der Waals surface area contributed by atoms with Crippen LogP contribution in [0.4, 0.5) is 8.78 Å². The number of hydrogen-bond donors (Lipinski definition) is 0. The molecular weight excluding hydrogens is 298 g/mol. The normalized spacial score (nSPS) is 11.4. The summed E-state index contributed by atoms with van der Waals surface area (Å²) in [5.41, 5.74) is 0.622. The zero-order valence-corrected chi connectivity index (χ0v) is 11.9. The number of rotatable bonds is 5. The Bertz CT molecular complexity index is 752. The third-order valence-electron chi connectivity index (χ3n) is 3.28. The van der Waals surface area contributed by atoms with Crippen LogP contribution in [0.25, 0.3) is 11.0 Å². The van der Waals surface area contributed by atoms with Crippen LogP contribution in [0.2, 0.25) is 0 Å². The Kier molecular flexibility index (Phi) is 3.88. The molecule has 0 atom stereocenters. The van der Waals surface area contributed by atoms with Crippen LogP contribution in [-0.2, 0) is 19.5 Å². The second-order valence-corrected chi connectivity index (χ2v) is 5.02. The predicted molar refractivity (Wildman–Crippen MR) is 76.3 cm³/mol. The monoisotopic (exact) mass is 310 g/mol. The summed E-state index contributed by atoms with van der Waals surface area (Å²) < 4.78 is 30.8. The Labute approximate surface area is 125 Å². The molecular formula is C14H13ClF2N4. The van der Waals surface area contributed by atoms with E-state index in [0.717, 1.165) is 6.07 Å². The van der Waals surface area contributed by atoms with Gasteiger partial charge in [0.2, 0.25) is 0 Å². The Morgan fingerprint density at radius 2 is 2.05 bits per heavy atom. The van der Waals surface area contributed by atoms with E-state index in [1.807, 2.05) is 12.3 Å². The highest BCUT2D eigenvalue weighted by atomic mass is 35.5. The van der Waals surface area contributed by atoms with Crippen LogP contribution in [0.5, 0.6) is 0 Å². The fourth-order valence-electron chi connectivity index (χ4n) is 2.36. The first kappa shape index (κ1) is 14.0. The minimum Gasteiger partial charge on any atom is -0.326 e. The molecule has 0 aliphatic rings. The van der Waals surface area contributed by atoms with Gasteiger partial charge in [0.1, 0.15) is 17.2 Å². The van der Waals surface area contributed by atoms with E-state index in [1.54, 1.807) is 15.4 Å². The molecule has 0 aliphatic heterocycles. The fraction of sp³-hybridized carbons (Fsp3) is 0.286. The number of hydrogen-bond acceptors (Lipinski definition) is 2. The van der Waals surface area contributed by atoms with Crippen molar-refractivity contribution in [3.8, 4) is 0 Å². The summed E-state index contributed by atoms with van der Waals surface area (Å²) in [6, 6.07) is 3.97. The van der Waals surface area contributed by atoms with Gasteiger partial charge in [0.25, 0.3) is 0 Å². The molecule has 0 N–H and O–H groups in total. The van der Waals surface area contributed by atoms with Crippen molar-refractivity contribution in [1.29, 1.82) is 0 Å². The van der Waals surface area contributed by atoms with Crippen molar-refractivity contribution < 1.29 is 8.78 Å². The van der Waals surface area contributed by atoms with Gasteiger partial charge in [0.05, 0.1) is 12.1 Å². The maximum atomic E-state index is 13.8. The number of benzene rings is 1. The predicted octanol–water partition coefficient (Wildman–Crippen LogP) is 2.99. The van der Waals surface area contributed by atoms with E-state index in [9.17, 15) is 8.78 Å². The number of halogens is 3. The fourth-order valence-corrected chi connectivity index (χ4v) is 2.53. The topological polar surface area (TPSA) is 35.6 Å². The molecule has 0 saturated heterocycles. The summed E-state index contributed by atoms with van der Waals surface area (Å²) in [5.74, 6) is -0.247. The molecule has 110 valence electrons. The van der Waals surface area contributed by atoms with Crippen molar-refractivity contribution in [3.05, 3.63) is 48.1 Å². The molecule has 21 heavy (non-hydrogen) atoms. The van der Waals surface area contributed by atoms with Crippen LogP contribution in [0.3, 0.4) is 0 Å². The summed E-state index contributed by atoms with van der Waals surface area (Å²) in [6.07, 6.45) is 4.02. The number of fused-ring (bicyclic) bond motifs is 1. The van der Waals surface area contributed by atoms with Crippen molar-refractivity contribution in [2.45, 2.75) is 19.5 Å². The first-order chi connectivity index (χ1) is 10.2. The second kappa shape index (κ2) is 5.81. The van der Waals surface area contributed by atoms with Crippen LogP contribution >= 0.6 is 11.6 Å². The smallest absolute Gasteiger partial charge is 0.153 e. The molecule has 0 fully saturated rings. The molecule has 0 spiro atoms. The molecule has 0 radical (unpaired) electrons. The number of imidazole rings is 1. The molecule has 3 rings (SSSR count). The third kappa shape index (κ3) is 2.76. The summed E-state index contributed by atoms with van der Waals surface area (Å²) in [7, 11) is 0. The van der Waals surface area contributed by atoms with Gasteiger partial charge in [0, 0.05) is 37.3 Å². The average Bonchev–Trinajstić information content (AvgIpc) is 3.05. The largest absolute Gasteiger partial charge is 0.326 e. The highest BCUT2D eigenvalue weighted by molar-refractivity contribution is 6.17. The summed E-state index contributed by atoms with van der Waals surface area (Å²) >= 11 is 5.77. The van der Waals surface area contributed by atoms with E-state index >= 15 is 0 Å². The van der Waals surface area contributed by atoms with Gasteiger partial charge < -0.3 is 4.57 Å². The van der Waals surface area contributed by atoms with Gasteiger partial charge >= 0.3 is 0 Å². The van der Waals surface area contributed by atoms with E-state index in [1.165, 1.54) is 6.07 Å². The number of nitrogens with zero attached hydrogens (tertiary/aromatic N) is 4. The molecule has 0 bridgehead atoms. The van der Waals surface area contributed by atoms with E-state index < -0.39 is 11.6 Å². The van der Waals surface area contributed by atoms with Crippen LogP contribution in [0.1, 0.15) is 5.82 Å². The van der Waals surface area contributed by atoms with E-state index in [-0.39, 0.29) is 5.52 Å². The molecule has 4 nitrogen and oxygen atoms in total. The highest BCUT2D eigenvalue weighted by Gasteiger charge is 2.15. The first-order valence-corrected chi connectivity index (χ1v) is 7.10. The molecule has 1 aromatic carbocycles. The van der Waals surface area contributed by atoms with Gasteiger partial charge in [-0.1, -0.05) is 0 Å². The molecule has 7 heteroatoms. The summed E-state index contributed by atoms with van der Waals surface area (Å²) in [4.78, 5) is 4.25. The van der Waals surface area contributed by atoms with Crippen LogP contribution in [0.15, 0.2) is 30.6 Å². The van der Waals surface area contributed by atoms with Crippen molar-refractivity contribution in [2.75, 3.05) is 5.88 Å². The van der Waals surface area contributed by atoms with Crippen molar-refractivity contribution in [2.24, 2.45) is 0 Å². The lowest BCUT2D eigenvalue weighted by atomic mass is 10.3. The lowest BCUT2D eigenvalue weighted by molar-refractivity contribution is 0.529. The Balaban J connectivity index is 2.02. The SMILES string of the molecule is Fc1cc(F)c2nc(CCCl)n(CCn3cccn3)c2c1. The number of aryl methyl sites for hydroxylation is 3. The first-order valence-electron chi connectivity index (χ1n) is 6.56. The third-order valence-corrected chi connectivity index (χ3v) is 3.47. The van der Waals surface area contributed by atoms with Crippen molar-refractivity contribution >= 4 is 22.6 Å². The molecule has 2 heterocycles. The Morgan fingerprint density at radius 3 is 2.76 bits per heavy atom. The maximum absolute atomic E-state index is 13.8. The Hall–Kier alpha value is -1.95. The molecule has 0 saturated carbocycles. The van der Waals surface area contributed by atoms with Crippen LogP contribution in [0, 0.1) is 11.6 Å². The van der Waals surface area contributed by atoms with Gasteiger partial charge in [-0.15, -0.1) is 11.6 Å². The van der Waals surface area contributed by atoms with E-state index in [0.29, 0.717) is 36.7 Å². The van der Waals surface area contributed by atoms with Gasteiger partial charge in [-0.3, -0.25) is 4.68 Å². The van der Waals surface area contributed by atoms with Gasteiger partial charge in [0.15, 0.2) is 5.82 Å². The zero-order chi connectivity index (χ0) is 14.8.